The molecule has 0 unspecified atom stereocenters. The average Bonchev–Trinajstić information content (AvgIpc) is 3.12. The predicted octanol–water partition coefficient (Wildman–Crippen LogP) is 2.96. The minimum atomic E-state index is -0.208. The van der Waals surface area contributed by atoms with Crippen LogP contribution in [0.4, 0.5) is 5.82 Å². The third kappa shape index (κ3) is 4.07. The van der Waals surface area contributed by atoms with Gasteiger partial charge in [-0.1, -0.05) is 18.7 Å². The molecule has 0 radical (unpaired) electrons. The second kappa shape index (κ2) is 7.98. The first-order valence-electron chi connectivity index (χ1n) is 8.03. The Morgan fingerprint density at radius 2 is 2.12 bits per heavy atom. The van der Waals surface area contributed by atoms with Crippen LogP contribution in [0.3, 0.4) is 0 Å². The Kier molecular flexibility index (Phi) is 5.28. The van der Waals surface area contributed by atoms with Gasteiger partial charge in [0.15, 0.2) is 0 Å². The second-order valence-electron chi connectivity index (χ2n) is 5.45. The number of rotatable bonds is 6. The topological polar surface area (TPSA) is 85.6 Å². The van der Waals surface area contributed by atoms with E-state index in [4.69, 9.17) is 0 Å². The number of nitrogens with one attached hydrogen (secondary N) is 1. The summed E-state index contributed by atoms with van der Waals surface area (Å²) < 4.78 is 1.57. The third-order valence-electron chi connectivity index (χ3n) is 3.69. The normalized spacial score (nSPS) is 11.2. The fourth-order valence-electron chi connectivity index (χ4n) is 2.40. The summed E-state index contributed by atoms with van der Waals surface area (Å²) in [6, 6.07) is 3.56. The summed E-state index contributed by atoms with van der Waals surface area (Å²) in [5.74, 6) is 0.260. The molecule has 1 N–H and O–H groups in total. The number of allylic oxidation sites excluding steroid dienone is 3. The van der Waals surface area contributed by atoms with Crippen LogP contribution >= 0.6 is 0 Å². The van der Waals surface area contributed by atoms with E-state index in [-0.39, 0.29) is 12.5 Å². The van der Waals surface area contributed by atoms with Crippen LogP contribution in [0.25, 0.3) is 16.8 Å². The molecule has 3 aromatic heterocycles. The van der Waals surface area contributed by atoms with E-state index in [9.17, 15) is 4.79 Å². The molecule has 0 saturated heterocycles. The van der Waals surface area contributed by atoms with Crippen LogP contribution in [0.1, 0.15) is 12.5 Å². The van der Waals surface area contributed by atoms with E-state index in [1.165, 1.54) is 0 Å². The van der Waals surface area contributed by atoms with E-state index in [0.717, 1.165) is 22.4 Å². The molecule has 0 spiro atoms. The van der Waals surface area contributed by atoms with E-state index in [1.54, 1.807) is 54.0 Å². The van der Waals surface area contributed by atoms with Gasteiger partial charge in [-0.15, -0.1) is 0 Å². The summed E-state index contributed by atoms with van der Waals surface area (Å²) in [5, 5.41) is 6.95. The Balaban J connectivity index is 1.62. The van der Waals surface area contributed by atoms with E-state index in [2.05, 4.69) is 31.9 Å². The number of pyridine rings is 1. The lowest BCUT2D eigenvalue weighted by Crippen LogP contribution is -2.19. The monoisotopic (exact) mass is 346 g/mol. The minimum absolute atomic E-state index is 0.0989. The number of amides is 1. The molecular formula is C19H18N6O. The van der Waals surface area contributed by atoms with Crippen molar-refractivity contribution in [2.24, 2.45) is 0 Å². The summed E-state index contributed by atoms with van der Waals surface area (Å²) in [5.41, 5.74) is 3.44. The van der Waals surface area contributed by atoms with Gasteiger partial charge in [0.1, 0.15) is 12.4 Å². The summed E-state index contributed by atoms with van der Waals surface area (Å²) in [4.78, 5) is 24.7. The Morgan fingerprint density at radius 1 is 1.23 bits per heavy atom. The van der Waals surface area contributed by atoms with Crippen molar-refractivity contribution in [2.45, 2.75) is 13.5 Å². The molecule has 0 bridgehead atoms. The van der Waals surface area contributed by atoms with Crippen LogP contribution in [0, 0.1) is 0 Å². The molecule has 7 heteroatoms. The van der Waals surface area contributed by atoms with Crippen LogP contribution in [-0.2, 0) is 11.3 Å². The molecule has 3 rings (SSSR count). The van der Waals surface area contributed by atoms with Gasteiger partial charge in [-0.25, -0.2) is 4.98 Å². The van der Waals surface area contributed by atoms with Gasteiger partial charge in [-0.2, -0.15) is 5.10 Å². The lowest BCUT2D eigenvalue weighted by atomic mass is 10.1. The van der Waals surface area contributed by atoms with Gasteiger partial charge in [-0.3, -0.25) is 19.4 Å². The summed E-state index contributed by atoms with van der Waals surface area (Å²) >= 11 is 0. The SMILES string of the molecule is C=C/C(=C\C)c1cnn(CC(=O)Nc2ccc(-c3cnccn3)cn2)c1. The molecule has 3 aromatic rings. The zero-order valence-electron chi connectivity index (χ0n) is 14.3. The summed E-state index contributed by atoms with van der Waals surface area (Å²) in [6.45, 7) is 5.79. The molecule has 0 aliphatic heterocycles. The van der Waals surface area contributed by atoms with E-state index in [0.29, 0.717) is 5.82 Å². The average molecular weight is 346 g/mol. The molecule has 0 aliphatic rings. The molecule has 0 saturated carbocycles. The number of carbonyl (C=O) groups is 1. The lowest BCUT2D eigenvalue weighted by molar-refractivity contribution is -0.116. The standard InChI is InChI=1S/C19H18N6O/c1-3-14(4-2)16-10-23-25(12-16)13-19(26)24-18-6-5-15(9-22-18)17-11-20-7-8-21-17/h3-12H,1,13H2,2H3,(H,22,24,26)/b14-4+. The van der Waals surface area contributed by atoms with Crippen molar-refractivity contribution >= 4 is 17.3 Å². The third-order valence-corrected chi connectivity index (χ3v) is 3.69. The van der Waals surface area contributed by atoms with Crippen LogP contribution in [0.15, 0.2) is 68.0 Å². The maximum atomic E-state index is 12.2. The Bertz CT molecular complexity index is 928. The molecule has 7 nitrogen and oxygen atoms in total. The second-order valence-corrected chi connectivity index (χ2v) is 5.45. The number of carbonyl (C=O) groups excluding carboxylic acids is 1. The van der Waals surface area contributed by atoms with Gasteiger partial charge >= 0.3 is 0 Å². The van der Waals surface area contributed by atoms with Gasteiger partial charge in [-0.05, 0) is 24.6 Å². The van der Waals surface area contributed by atoms with Gasteiger partial charge in [0.2, 0.25) is 5.91 Å². The van der Waals surface area contributed by atoms with E-state index in [1.807, 2.05) is 19.1 Å². The lowest BCUT2D eigenvalue weighted by Gasteiger charge is -2.05. The number of nitrogens with zero attached hydrogens (tertiary/aromatic N) is 5. The minimum Gasteiger partial charge on any atom is -0.309 e. The number of hydrogen-bond donors (Lipinski definition) is 1. The van der Waals surface area contributed by atoms with Crippen molar-refractivity contribution in [2.75, 3.05) is 5.32 Å². The van der Waals surface area contributed by atoms with E-state index < -0.39 is 0 Å². The summed E-state index contributed by atoms with van der Waals surface area (Å²) in [6.07, 6.45) is 13.7. The van der Waals surface area contributed by atoms with Gasteiger partial charge in [0, 0.05) is 35.9 Å². The Morgan fingerprint density at radius 3 is 2.77 bits per heavy atom. The van der Waals surface area contributed by atoms with Crippen molar-refractivity contribution in [1.82, 2.24) is 24.7 Å². The highest BCUT2D eigenvalue weighted by atomic mass is 16.2. The smallest absolute Gasteiger partial charge is 0.247 e. The largest absolute Gasteiger partial charge is 0.309 e. The van der Waals surface area contributed by atoms with E-state index >= 15 is 0 Å². The molecule has 0 fully saturated rings. The zero-order chi connectivity index (χ0) is 18.4. The van der Waals surface area contributed by atoms with Crippen LogP contribution in [0.2, 0.25) is 0 Å². The van der Waals surface area contributed by atoms with Crippen LogP contribution in [0.5, 0.6) is 0 Å². The Labute approximate surface area is 151 Å². The highest BCUT2D eigenvalue weighted by molar-refractivity contribution is 5.89. The van der Waals surface area contributed by atoms with Gasteiger partial charge < -0.3 is 5.32 Å². The number of anilines is 1. The molecule has 0 aromatic carbocycles. The zero-order valence-corrected chi connectivity index (χ0v) is 14.3. The van der Waals surface area contributed by atoms with Crippen molar-refractivity contribution in [3.8, 4) is 11.3 Å². The summed E-state index contributed by atoms with van der Waals surface area (Å²) in [7, 11) is 0. The van der Waals surface area contributed by atoms with Gasteiger partial charge in [0.05, 0.1) is 18.1 Å². The molecular weight excluding hydrogens is 328 g/mol. The highest BCUT2D eigenvalue weighted by Gasteiger charge is 2.08. The van der Waals surface area contributed by atoms with Crippen molar-refractivity contribution < 1.29 is 4.79 Å². The molecule has 130 valence electrons. The van der Waals surface area contributed by atoms with Crippen molar-refractivity contribution in [3.05, 3.63) is 73.6 Å². The molecule has 0 atom stereocenters. The first-order chi connectivity index (χ1) is 12.7. The fraction of sp³-hybridized carbons (Fsp3) is 0.105. The van der Waals surface area contributed by atoms with Crippen molar-refractivity contribution in [3.63, 3.8) is 0 Å². The quantitative estimate of drug-likeness (QED) is 0.694. The molecule has 1 amide bonds. The van der Waals surface area contributed by atoms with Gasteiger partial charge in [0.25, 0.3) is 0 Å². The molecule has 26 heavy (non-hydrogen) atoms. The maximum Gasteiger partial charge on any atom is 0.247 e. The fourth-order valence-corrected chi connectivity index (χ4v) is 2.40. The van der Waals surface area contributed by atoms with Crippen molar-refractivity contribution in [1.29, 1.82) is 0 Å². The van der Waals surface area contributed by atoms with Crippen LogP contribution < -0.4 is 5.32 Å². The highest BCUT2D eigenvalue weighted by Crippen LogP contribution is 2.16. The molecule has 0 aliphatic carbocycles. The Hall–Kier alpha value is -3.61. The number of aromatic nitrogens is 5. The first kappa shape index (κ1) is 17.2. The van der Waals surface area contributed by atoms with Crippen LogP contribution in [-0.4, -0.2) is 30.6 Å². The first-order valence-corrected chi connectivity index (χ1v) is 8.03. The number of hydrogen-bond acceptors (Lipinski definition) is 5. The predicted molar refractivity (Wildman–Crippen MR) is 100.0 cm³/mol. The maximum absolute atomic E-state index is 12.2. The molecule has 3 heterocycles.